The normalized spacial score (nSPS) is 13.1. The van der Waals surface area contributed by atoms with E-state index in [-0.39, 0.29) is 27.2 Å². The number of halogens is 3. The molecule has 1 aromatic heterocycles. The van der Waals surface area contributed by atoms with Gasteiger partial charge < -0.3 is 15.0 Å². The van der Waals surface area contributed by atoms with Gasteiger partial charge >= 0.3 is 5.97 Å². The zero-order valence-electron chi connectivity index (χ0n) is 25.9. The number of H-pyrrole nitrogens is 1. The highest BCUT2D eigenvalue weighted by Crippen LogP contribution is 2.33. The molecule has 4 rings (SSSR count). The second-order valence-corrected chi connectivity index (χ2v) is 12.8. The van der Waals surface area contributed by atoms with Crippen molar-refractivity contribution < 1.29 is 14.3 Å². The summed E-state index contributed by atoms with van der Waals surface area (Å²) >= 11 is 19.4. The highest BCUT2D eigenvalue weighted by atomic mass is 35.5. The zero-order valence-corrected chi connectivity index (χ0v) is 28.2. The molecule has 244 valence electrons. The molecule has 2 heterocycles. The van der Waals surface area contributed by atoms with Gasteiger partial charge in [0.2, 0.25) is 5.91 Å². The Bertz CT molecular complexity index is 1480. The molecule has 11 heteroatoms. The minimum absolute atomic E-state index is 0.0591. The molecule has 0 radical (unpaired) electrons. The van der Waals surface area contributed by atoms with E-state index < -0.39 is 11.5 Å². The summed E-state index contributed by atoms with van der Waals surface area (Å²) in [4.78, 5) is 39.5. The third-order valence-corrected chi connectivity index (χ3v) is 8.94. The molecule has 1 aliphatic heterocycles. The fraction of sp³-hybridized carbons (Fsp3) is 0.500. The van der Waals surface area contributed by atoms with Crippen LogP contribution in [-0.4, -0.2) is 34.8 Å². The van der Waals surface area contributed by atoms with Crippen LogP contribution in [0.25, 0.3) is 5.69 Å². The number of amides is 1. The summed E-state index contributed by atoms with van der Waals surface area (Å²) in [5.41, 5.74) is 1.23. The second-order valence-electron chi connectivity index (χ2n) is 11.6. The van der Waals surface area contributed by atoms with E-state index in [2.05, 4.69) is 17.3 Å². The van der Waals surface area contributed by atoms with E-state index in [9.17, 15) is 14.4 Å². The minimum atomic E-state index is -0.513. The lowest BCUT2D eigenvalue weighted by atomic mass is 10.1. The molecule has 8 nitrogen and oxygen atoms in total. The Morgan fingerprint density at radius 3 is 2.07 bits per heavy atom. The van der Waals surface area contributed by atoms with Gasteiger partial charge in [-0.2, -0.15) is 0 Å². The van der Waals surface area contributed by atoms with Crippen LogP contribution in [0.1, 0.15) is 107 Å². The SMILES string of the molecule is CCCCCCCCCCCCCCOC(=O)c1cc(Cl)c(-n2[nH]c(Nc3cc(N4CCCC4=O)ccc3Cl)cc2=O)c(Cl)c1. The molecule has 2 aromatic carbocycles. The van der Waals surface area contributed by atoms with Crippen molar-refractivity contribution >= 4 is 63.9 Å². The molecular formula is C34H43Cl3N4O4. The number of unbranched alkanes of at least 4 members (excludes halogenated alkanes) is 11. The summed E-state index contributed by atoms with van der Waals surface area (Å²) in [6.45, 7) is 3.22. The highest BCUT2D eigenvalue weighted by Gasteiger charge is 2.23. The maximum absolute atomic E-state index is 12.9. The fourth-order valence-electron chi connectivity index (χ4n) is 5.56. The quantitative estimate of drug-likeness (QED) is 0.103. The average Bonchev–Trinajstić information content (AvgIpc) is 3.60. The maximum Gasteiger partial charge on any atom is 0.338 e. The summed E-state index contributed by atoms with van der Waals surface area (Å²) in [6, 6.07) is 9.48. The molecule has 0 unspecified atom stereocenters. The average molecular weight is 678 g/mol. The van der Waals surface area contributed by atoms with Gasteiger partial charge in [0, 0.05) is 24.7 Å². The third-order valence-electron chi connectivity index (χ3n) is 8.03. The topological polar surface area (TPSA) is 96.4 Å². The summed E-state index contributed by atoms with van der Waals surface area (Å²) in [7, 11) is 0. The predicted octanol–water partition coefficient (Wildman–Crippen LogP) is 9.85. The first kappa shape index (κ1) is 34.9. The van der Waals surface area contributed by atoms with Crippen LogP contribution >= 0.6 is 34.8 Å². The van der Waals surface area contributed by atoms with Gasteiger partial charge in [-0.1, -0.05) is 112 Å². The molecule has 45 heavy (non-hydrogen) atoms. The van der Waals surface area contributed by atoms with Gasteiger partial charge in [0.25, 0.3) is 5.56 Å². The number of ether oxygens (including phenoxy) is 1. The van der Waals surface area contributed by atoms with Crippen LogP contribution in [0.2, 0.25) is 15.1 Å². The number of hydrogen-bond acceptors (Lipinski definition) is 5. The number of aromatic nitrogens is 2. The van der Waals surface area contributed by atoms with Gasteiger partial charge in [0.15, 0.2) is 0 Å². The summed E-state index contributed by atoms with van der Waals surface area (Å²) in [5.74, 6) is -0.116. The standard InChI is InChI=1S/C34H43Cl3N4O4/c1-2-3-4-5-6-7-8-9-10-11-12-13-19-45-34(44)24-20-27(36)33(28(37)21-24)41-32(43)23-30(39-41)38-29-22-25(16-17-26(29)35)40-18-14-15-31(40)42/h16-17,20-23,38-39H,2-15,18-19H2,1H3. The van der Waals surface area contributed by atoms with Crippen molar-refractivity contribution in [2.45, 2.75) is 96.8 Å². The van der Waals surface area contributed by atoms with Crippen LogP contribution in [0.15, 0.2) is 41.2 Å². The van der Waals surface area contributed by atoms with Gasteiger partial charge in [-0.25, -0.2) is 9.48 Å². The van der Waals surface area contributed by atoms with Crippen molar-refractivity contribution in [1.29, 1.82) is 0 Å². The zero-order chi connectivity index (χ0) is 32.2. The first-order chi connectivity index (χ1) is 21.8. The molecule has 1 saturated heterocycles. The second kappa shape index (κ2) is 17.7. The van der Waals surface area contributed by atoms with Crippen LogP contribution < -0.4 is 15.8 Å². The number of nitrogens with zero attached hydrogens (tertiary/aromatic N) is 2. The van der Waals surface area contributed by atoms with E-state index in [1.807, 2.05) is 0 Å². The number of esters is 1. The van der Waals surface area contributed by atoms with Gasteiger partial charge in [-0.05, 0) is 43.2 Å². The van der Waals surface area contributed by atoms with Crippen LogP contribution in [0.5, 0.6) is 0 Å². The Labute approximate surface area is 280 Å². The molecule has 0 aliphatic carbocycles. The van der Waals surface area contributed by atoms with Crippen LogP contribution in [0, 0.1) is 0 Å². The van der Waals surface area contributed by atoms with Crippen LogP contribution in [0.4, 0.5) is 17.2 Å². The maximum atomic E-state index is 12.9. The van der Waals surface area contributed by atoms with Crippen LogP contribution in [-0.2, 0) is 9.53 Å². The lowest BCUT2D eigenvalue weighted by molar-refractivity contribution is -0.117. The lowest BCUT2D eigenvalue weighted by Crippen LogP contribution is -2.23. The summed E-state index contributed by atoms with van der Waals surface area (Å²) < 4.78 is 6.65. The smallest absolute Gasteiger partial charge is 0.338 e. The first-order valence-electron chi connectivity index (χ1n) is 16.1. The van der Waals surface area contributed by atoms with Gasteiger partial charge in [-0.3, -0.25) is 14.7 Å². The van der Waals surface area contributed by atoms with Crippen LogP contribution in [0.3, 0.4) is 0 Å². The van der Waals surface area contributed by atoms with Crippen molar-refractivity contribution in [2.24, 2.45) is 0 Å². The molecule has 1 aliphatic rings. The van der Waals surface area contributed by atoms with E-state index in [4.69, 9.17) is 39.5 Å². The van der Waals surface area contributed by atoms with E-state index in [0.29, 0.717) is 36.1 Å². The lowest BCUT2D eigenvalue weighted by Gasteiger charge is -2.17. The number of anilines is 3. The number of benzene rings is 2. The Morgan fingerprint density at radius 2 is 1.47 bits per heavy atom. The van der Waals surface area contributed by atoms with Gasteiger partial charge in [0.05, 0.1) is 32.9 Å². The highest BCUT2D eigenvalue weighted by molar-refractivity contribution is 6.38. The third kappa shape index (κ3) is 10.0. The monoisotopic (exact) mass is 676 g/mol. The van der Waals surface area contributed by atoms with Crippen molar-refractivity contribution in [1.82, 2.24) is 9.78 Å². The number of carbonyl (C=O) groups is 2. The van der Waals surface area contributed by atoms with E-state index in [1.165, 1.54) is 80.7 Å². The number of rotatable bonds is 18. The number of carbonyl (C=O) groups excluding carboxylic acids is 2. The molecule has 3 aromatic rings. The van der Waals surface area contributed by atoms with Crippen molar-refractivity contribution in [3.63, 3.8) is 0 Å². The van der Waals surface area contributed by atoms with E-state index >= 15 is 0 Å². The molecule has 0 bridgehead atoms. The number of nitrogens with one attached hydrogen (secondary N) is 2. The fourth-order valence-corrected chi connectivity index (χ4v) is 6.38. The summed E-state index contributed by atoms with van der Waals surface area (Å²) in [6.07, 6.45) is 16.1. The first-order valence-corrected chi connectivity index (χ1v) is 17.3. The molecule has 1 amide bonds. The van der Waals surface area contributed by atoms with Gasteiger partial charge in [0.1, 0.15) is 11.5 Å². The van der Waals surface area contributed by atoms with Gasteiger partial charge in [-0.15, -0.1) is 0 Å². The largest absolute Gasteiger partial charge is 0.462 e. The Hall–Kier alpha value is -2.94. The number of aromatic amines is 1. The van der Waals surface area contributed by atoms with Crippen molar-refractivity contribution in [3.8, 4) is 5.69 Å². The van der Waals surface area contributed by atoms with Crippen molar-refractivity contribution in [3.05, 3.63) is 67.4 Å². The summed E-state index contributed by atoms with van der Waals surface area (Å²) in [5, 5.41) is 6.70. The Kier molecular flexibility index (Phi) is 13.7. The molecular weight excluding hydrogens is 635 g/mol. The van der Waals surface area contributed by atoms with Crippen molar-refractivity contribution in [2.75, 3.05) is 23.4 Å². The van der Waals surface area contributed by atoms with E-state index in [1.54, 1.807) is 23.1 Å². The molecule has 2 N–H and O–H groups in total. The minimum Gasteiger partial charge on any atom is -0.462 e. The molecule has 0 atom stereocenters. The molecule has 1 fully saturated rings. The molecule has 0 spiro atoms. The van der Waals surface area contributed by atoms with E-state index in [0.717, 1.165) is 31.4 Å². The Balaban J connectivity index is 1.27. The molecule has 0 saturated carbocycles. The number of hydrogen-bond donors (Lipinski definition) is 2. The Morgan fingerprint density at radius 1 is 0.844 bits per heavy atom. The predicted molar refractivity (Wildman–Crippen MR) is 184 cm³/mol.